The van der Waals surface area contributed by atoms with Gasteiger partial charge in [0.05, 0.1) is 24.3 Å². The van der Waals surface area contributed by atoms with Gasteiger partial charge in [-0.2, -0.15) is 0 Å². The molecule has 30 heavy (non-hydrogen) atoms. The Kier molecular flexibility index (Phi) is 8.16. The Morgan fingerprint density at radius 1 is 1.17 bits per heavy atom. The number of halogens is 2. The lowest BCUT2D eigenvalue weighted by Crippen LogP contribution is -2.14. The third-order valence-electron chi connectivity index (χ3n) is 3.92. The molecule has 9 heteroatoms. The van der Waals surface area contributed by atoms with E-state index in [1.165, 1.54) is 11.3 Å². The molecule has 0 spiro atoms. The average Bonchev–Trinajstić information content (AvgIpc) is 3.15. The van der Waals surface area contributed by atoms with Crippen LogP contribution in [0.25, 0.3) is 0 Å². The highest BCUT2D eigenvalue weighted by molar-refractivity contribution is 8.00. The van der Waals surface area contributed by atoms with Crippen LogP contribution >= 0.6 is 46.3 Å². The Hall–Kier alpha value is -2.06. The molecule has 5 nitrogen and oxygen atoms in total. The first-order valence-electron chi connectivity index (χ1n) is 9.02. The van der Waals surface area contributed by atoms with Crippen LogP contribution in [0.15, 0.2) is 52.2 Å². The number of thiazole rings is 1. The number of benzene rings is 2. The van der Waals surface area contributed by atoms with Gasteiger partial charge in [0.25, 0.3) is 0 Å². The number of aromatic nitrogens is 1. The Balaban J connectivity index is 1.51. The van der Waals surface area contributed by atoms with Gasteiger partial charge in [-0.25, -0.2) is 9.78 Å². The summed E-state index contributed by atoms with van der Waals surface area (Å²) in [7, 11) is 0. The summed E-state index contributed by atoms with van der Waals surface area (Å²) < 4.78 is 5.80. The first kappa shape index (κ1) is 22.6. The number of anilines is 1. The van der Waals surface area contributed by atoms with Gasteiger partial charge in [0, 0.05) is 26.9 Å². The summed E-state index contributed by atoms with van der Waals surface area (Å²) in [6.45, 7) is 2.07. The molecule has 0 aliphatic heterocycles. The summed E-state index contributed by atoms with van der Waals surface area (Å²) in [5.41, 5.74) is 2.73. The van der Waals surface area contributed by atoms with Crippen molar-refractivity contribution in [3.8, 4) is 0 Å². The Labute approximate surface area is 192 Å². The molecule has 0 saturated carbocycles. The van der Waals surface area contributed by atoms with Gasteiger partial charge in [0.1, 0.15) is 4.34 Å². The number of ether oxygens (including phenoxy) is 1. The van der Waals surface area contributed by atoms with Gasteiger partial charge in [-0.1, -0.05) is 41.0 Å². The Morgan fingerprint density at radius 2 is 1.93 bits per heavy atom. The lowest BCUT2D eigenvalue weighted by atomic mass is 10.2. The van der Waals surface area contributed by atoms with Gasteiger partial charge in [-0.3, -0.25) is 4.79 Å². The molecule has 0 radical (unpaired) electrons. The fraction of sp³-hybridized carbons (Fsp3) is 0.190. The molecule has 0 bridgehead atoms. The van der Waals surface area contributed by atoms with E-state index in [4.69, 9.17) is 27.9 Å². The zero-order valence-corrected chi connectivity index (χ0v) is 19.1. The molecular weight excluding hydrogens is 463 g/mol. The van der Waals surface area contributed by atoms with Gasteiger partial charge in [0.2, 0.25) is 5.91 Å². The third kappa shape index (κ3) is 6.47. The fourth-order valence-electron chi connectivity index (χ4n) is 2.49. The predicted molar refractivity (Wildman–Crippen MR) is 123 cm³/mol. The van der Waals surface area contributed by atoms with Crippen LogP contribution in [-0.2, 0) is 21.7 Å². The number of esters is 1. The van der Waals surface area contributed by atoms with E-state index in [9.17, 15) is 9.59 Å². The van der Waals surface area contributed by atoms with E-state index < -0.39 is 0 Å². The number of hydrogen-bond donors (Lipinski definition) is 1. The number of carbonyl (C=O) groups is 2. The van der Waals surface area contributed by atoms with Gasteiger partial charge in [0.15, 0.2) is 0 Å². The van der Waals surface area contributed by atoms with Crippen molar-refractivity contribution in [3.63, 3.8) is 0 Å². The van der Waals surface area contributed by atoms with Crippen molar-refractivity contribution in [2.75, 3.05) is 11.9 Å². The number of nitrogens with one attached hydrogen (secondary N) is 1. The molecule has 1 amide bonds. The predicted octanol–water partition coefficient (Wildman–Crippen LogP) is 6.10. The monoisotopic (exact) mass is 480 g/mol. The maximum atomic E-state index is 12.3. The van der Waals surface area contributed by atoms with Crippen LogP contribution < -0.4 is 5.32 Å². The molecule has 0 aliphatic rings. The molecule has 0 atom stereocenters. The van der Waals surface area contributed by atoms with Crippen molar-refractivity contribution in [2.24, 2.45) is 0 Å². The van der Waals surface area contributed by atoms with Crippen molar-refractivity contribution < 1.29 is 14.3 Å². The van der Waals surface area contributed by atoms with E-state index in [2.05, 4.69) is 10.3 Å². The lowest BCUT2D eigenvalue weighted by molar-refractivity contribution is -0.115. The first-order valence-corrected chi connectivity index (χ1v) is 11.6. The van der Waals surface area contributed by atoms with E-state index >= 15 is 0 Å². The molecule has 1 N–H and O–H groups in total. The second-order valence-electron chi connectivity index (χ2n) is 6.15. The van der Waals surface area contributed by atoms with Crippen LogP contribution in [0.4, 0.5) is 5.69 Å². The largest absolute Gasteiger partial charge is 0.462 e. The van der Waals surface area contributed by atoms with E-state index in [1.54, 1.807) is 55.1 Å². The molecule has 0 aliphatic carbocycles. The minimum absolute atomic E-state index is 0.165. The standard InChI is InChI=1S/C21H18Cl2N2O3S2/c1-2-28-20(27)13-4-7-16(8-5-13)24-19(26)10-17-12-30-21(25-17)29-11-14-3-6-15(22)9-18(14)23/h3-9,12H,2,10-11H2,1H3,(H,24,26). The van der Waals surface area contributed by atoms with Crippen LogP contribution in [0.1, 0.15) is 28.5 Å². The summed E-state index contributed by atoms with van der Waals surface area (Å²) in [5, 5.41) is 5.90. The van der Waals surface area contributed by atoms with Crippen LogP contribution in [-0.4, -0.2) is 23.5 Å². The fourth-order valence-corrected chi connectivity index (χ4v) is 4.89. The van der Waals surface area contributed by atoms with Crippen LogP contribution in [0.5, 0.6) is 0 Å². The average molecular weight is 481 g/mol. The molecule has 1 aromatic heterocycles. The third-order valence-corrected chi connectivity index (χ3v) is 6.62. The van der Waals surface area contributed by atoms with Crippen molar-refractivity contribution in [1.82, 2.24) is 4.98 Å². The van der Waals surface area contributed by atoms with Gasteiger partial charge in [-0.15, -0.1) is 11.3 Å². The Morgan fingerprint density at radius 3 is 2.63 bits per heavy atom. The molecule has 2 aromatic carbocycles. The van der Waals surface area contributed by atoms with Crippen LogP contribution in [0, 0.1) is 0 Å². The van der Waals surface area contributed by atoms with E-state index in [0.717, 1.165) is 9.90 Å². The molecular formula is C21H18Cl2N2O3S2. The molecule has 3 aromatic rings. The van der Waals surface area contributed by atoms with E-state index in [0.29, 0.717) is 39.3 Å². The Bertz CT molecular complexity index is 1040. The first-order chi connectivity index (χ1) is 14.4. The molecule has 3 rings (SSSR count). The highest BCUT2D eigenvalue weighted by Crippen LogP contribution is 2.30. The number of rotatable bonds is 8. The molecule has 0 fully saturated rings. The number of thioether (sulfide) groups is 1. The number of carbonyl (C=O) groups excluding carboxylic acids is 2. The summed E-state index contributed by atoms with van der Waals surface area (Å²) in [6, 6.07) is 12.0. The lowest BCUT2D eigenvalue weighted by Gasteiger charge is -2.06. The second-order valence-corrected chi connectivity index (χ2v) is 9.08. The second kappa shape index (κ2) is 10.8. The van der Waals surface area contributed by atoms with Crippen molar-refractivity contribution in [3.05, 3.63) is 74.7 Å². The van der Waals surface area contributed by atoms with Crippen molar-refractivity contribution in [1.29, 1.82) is 0 Å². The number of nitrogens with zero attached hydrogens (tertiary/aromatic N) is 1. The maximum Gasteiger partial charge on any atom is 0.338 e. The number of hydrogen-bond acceptors (Lipinski definition) is 6. The smallest absolute Gasteiger partial charge is 0.338 e. The van der Waals surface area contributed by atoms with E-state index in [1.807, 2.05) is 11.4 Å². The normalized spacial score (nSPS) is 10.6. The minimum atomic E-state index is -0.386. The maximum absolute atomic E-state index is 12.3. The SMILES string of the molecule is CCOC(=O)c1ccc(NC(=O)Cc2csc(SCc3ccc(Cl)cc3Cl)n2)cc1. The highest BCUT2D eigenvalue weighted by atomic mass is 35.5. The highest BCUT2D eigenvalue weighted by Gasteiger charge is 2.11. The molecule has 1 heterocycles. The molecule has 0 saturated heterocycles. The molecule has 156 valence electrons. The summed E-state index contributed by atoms with van der Waals surface area (Å²) in [4.78, 5) is 28.5. The minimum Gasteiger partial charge on any atom is -0.462 e. The summed E-state index contributed by atoms with van der Waals surface area (Å²) >= 11 is 15.2. The topological polar surface area (TPSA) is 68.3 Å². The van der Waals surface area contributed by atoms with E-state index in [-0.39, 0.29) is 18.3 Å². The van der Waals surface area contributed by atoms with Crippen LogP contribution in [0.2, 0.25) is 10.0 Å². The van der Waals surface area contributed by atoms with Crippen LogP contribution in [0.3, 0.4) is 0 Å². The van der Waals surface area contributed by atoms with Gasteiger partial charge < -0.3 is 10.1 Å². The van der Waals surface area contributed by atoms with Crippen molar-refractivity contribution in [2.45, 2.75) is 23.4 Å². The summed E-state index contributed by atoms with van der Waals surface area (Å²) in [6.07, 6.45) is 0.165. The number of amides is 1. The van der Waals surface area contributed by atoms with Gasteiger partial charge >= 0.3 is 5.97 Å². The summed E-state index contributed by atoms with van der Waals surface area (Å²) in [5.74, 6) is 0.103. The zero-order chi connectivity index (χ0) is 21.5. The van der Waals surface area contributed by atoms with Crippen molar-refractivity contribution >= 4 is 63.9 Å². The van der Waals surface area contributed by atoms with Gasteiger partial charge in [-0.05, 0) is 48.9 Å². The quantitative estimate of drug-likeness (QED) is 0.311. The zero-order valence-electron chi connectivity index (χ0n) is 16.0. The molecule has 0 unspecified atom stereocenters.